The first-order chi connectivity index (χ1) is 8.73. The monoisotopic (exact) mass is 289 g/mol. The molecule has 0 aliphatic heterocycles. The zero-order valence-electron chi connectivity index (χ0n) is 10.8. The number of nitrogens with zero attached hydrogens (tertiary/aromatic N) is 2. The van der Waals surface area contributed by atoms with E-state index >= 15 is 0 Å². The number of rotatable bonds is 6. The quantitative estimate of drug-likeness (QED) is 0.610. The van der Waals surface area contributed by atoms with Crippen molar-refractivity contribution in [2.45, 2.75) is 13.0 Å². The van der Waals surface area contributed by atoms with E-state index in [0.29, 0.717) is 0 Å². The maximum atomic E-state index is 11.2. The number of hydrogen-bond donors (Lipinski definition) is 1. The minimum Gasteiger partial charge on any atom is -0.481 e. The van der Waals surface area contributed by atoms with Crippen LogP contribution in [0.4, 0.5) is 11.5 Å². The highest BCUT2D eigenvalue weighted by Crippen LogP contribution is 2.25. The Hall–Kier alpha value is -1.90. The molecule has 0 saturated carbocycles. The number of aromatic nitrogens is 1. The molecule has 8 nitrogen and oxygen atoms in total. The van der Waals surface area contributed by atoms with Gasteiger partial charge in [0.15, 0.2) is 0 Å². The van der Waals surface area contributed by atoms with Gasteiger partial charge in [0.2, 0.25) is 11.7 Å². The number of methoxy groups -OCH3 is 1. The molecule has 106 valence electrons. The number of nitro groups is 1. The van der Waals surface area contributed by atoms with Gasteiger partial charge in [0.25, 0.3) is 0 Å². The molecule has 0 radical (unpaired) electrons. The Kier molecular flexibility index (Phi) is 4.65. The van der Waals surface area contributed by atoms with Crippen LogP contribution in [-0.4, -0.2) is 43.5 Å². The van der Waals surface area contributed by atoms with Crippen molar-refractivity contribution in [3.05, 3.63) is 22.2 Å². The first-order valence-corrected chi connectivity index (χ1v) is 7.42. The van der Waals surface area contributed by atoms with E-state index in [1.165, 1.54) is 19.2 Å². The number of sulfone groups is 1. The van der Waals surface area contributed by atoms with Crippen molar-refractivity contribution in [1.82, 2.24) is 4.98 Å². The number of anilines is 1. The zero-order chi connectivity index (χ0) is 14.6. The molecular weight excluding hydrogens is 274 g/mol. The van der Waals surface area contributed by atoms with Crippen molar-refractivity contribution >= 4 is 21.3 Å². The molecule has 1 heterocycles. The van der Waals surface area contributed by atoms with Crippen LogP contribution in [0.15, 0.2) is 12.1 Å². The van der Waals surface area contributed by atoms with Crippen LogP contribution in [0.1, 0.15) is 6.92 Å². The highest BCUT2D eigenvalue weighted by molar-refractivity contribution is 7.90. The van der Waals surface area contributed by atoms with Crippen LogP contribution in [0, 0.1) is 10.1 Å². The maximum Gasteiger partial charge on any atom is 0.311 e. The minimum absolute atomic E-state index is 0.0134. The Morgan fingerprint density at radius 2 is 2.16 bits per heavy atom. The summed E-state index contributed by atoms with van der Waals surface area (Å²) in [5.74, 6) is 0.0448. The lowest BCUT2D eigenvalue weighted by Crippen LogP contribution is -2.26. The van der Waals surface area contributed by atoms with E-state index in [2.05, 4.69) is 10.3 Å². The lowest BCUT2D eigenvalue weighted by atomic mass is 10.3. The second kappa shape index (κ2) is 5.83. The van der Waals surface area contributed by atoms with E-state index in [4.69, 9.17) is 4.74 Å². The predicted octanol–water partition coefficient (Wildman–Crippen LogP) is 0.843. The summed E-state index contributed by atoms with van der Waals surface area (Å²) in [6.45, 7) is 1.60. The molecular formula is C10H15N3O5S. The standard InChI is InChI=1S/C10H15N3O5S/c1-7(6-19(3,16)17)11-10-8(13(14)15)4-5-9(12-10)18-2/h4-5,7H,6H2,1-3H3,(H,11,12). The third-order valence-electron chi connectivity index (χ3n) is 2.19. The second-order valence-corrected chi connectivity index (χ2v) is 6.30. The molecule has 1 aromatic heterocycles. The van der Waals surface area contributed by atoms with Gasteiger partial charge in [-0.15, -0.1) is 0 Å². The summed E-state index contributed by atoms with van der Waals surface area (Å²) < 4.78 is 27.2. The summed E-state index contributed by atoms with van der Waals surface area (Å²) in [5, 5.41) is 13.6. The molecule has 0 bridgehead atoms. The van der Waals surface area contributed by atoms with Crippen molar-refractivity contribution in [3.8, 4) is 5.88 Å². The van der Waals surface area contributed by atoms with Crippen molar-refractivity contribution in [2.75, 3.05) is 24.4 Å². The van der Waals surface area contributed by atoms with E-state index in [-0.39, 0.29) is 23.1 Å². The average Bonchev–Trinajstić information content (AvgIpc) is 2.25. The van der Waals surface area contributed by atoms with Crippen LogP contribution in [0.5, 0.6) is 5.88 Å². The molecule has 1 atom stereocenters. The van der Waals surface area contributed by atoms with Gasteiger partial charge in [-0.3, -0.25) is 10.1 Å². The molecule has 0 aromatic carbocycles. The summed E-state index contributed by atoms with van der Waals surface area (Å²) in [5.41, 5.74) is -0.235. The number of nitrogens with one attached hydrogen (secondary N) is 1. The van der Waals surface area contributed by atoms with Gasteiger partial charge in [-0.1, -0.05) is 0 Å². The minimum atomic E-state index is -3.18. The molecule has 0 amide bonds. The zero-order valence-corrected chi connectivity index (χ0v) is 11.6. The largest absolute Gasteiger partial charge is 0.481 e. The van der Waals surface area contributed by atoms with Crippen molar-refractivity contribution in [2.24, 2.45) is 0 Å². The Morgan fingerprint density at radius 1 is 1.53 bits per heavy atom. The summed E-state index contributed by atoms with van der Waals surface area (Å²) in [6.07, 6.45) is 1.10. The Bertz CT molecular complexity index is 573. The normalized spacial score (nSPS) is 12.8. The fourth-order valence-corrected chi connectivity index (χ4v) is 2.52. The lowest BCUT2D eigenvalue weighted by Gasteiger charge is -2.13. The summed E-state index contributed by atoms with van der Waals surface area (Å²) in [6, 6.07) is 2.11. The molecule has 0 spiro atoms. The summed E-state index contributed by atoms with van der Waals surface area (Å²) in [4.78, 5) is 14.2. The molecule has 19 heavy (non-hydrogen) atoms. The van der Waals surface area contributed by atoms with E-state index < -0.39 is 20.8 Å². The van der Waals surface area contributed by atoms with Gasteiger partial charge in [-0.25, -0.2) is 8.42 Å². The van der Waals surface area contributed by atoms with Crippen molar-refractivity contribution in [3.63, 3.8) is 0 Å². The van der Waals surface area contributed by atoms with E-state index in [0.717, 1.165) is 6.26 Å². The Labute approximate surface area is 110 Å². The summed E-state index contributed by atoms with van der Waals surface area (Å²) in [7, 11) is -1.80. The van der Waals surface area contributed by atoms with Crippen molar-refractivity contribution < 1.29 is 18.1 Å². The van der Waals surface area contributed by atoms with E-state index in [9.17, 15) is 18.5 Å². The van der Waals surface area contributed by atoms with Gasteiger partial charge < -0.3 is 10.1 Å². The molecule has 0 aliphatic carbocycles. The molecule has 0 aliphatic rings. The third-order valence-corrected chi connectivity index (χ3v) is 3.30. The lowest BCUT2D eigenvalue weighted by molar-refractivity contribution is -0.384. The van der Waals surface area contributed by atoms with Gasteiger partial charge >= 0.3 is 5.69 Å². The first-order valence-electron chi connectivity index (χ1n) is 5.36. The Balaban J connectivity index is 3.00. The highest BCUT2D eigenvalue weighted by Gasteiger charge is 2.19. The fraction of sp³-hybridized carbons (Fsp3) is 0.500. The van der Waals surface area contributed by atoms with Crippen LogP contribution >= 0.6 is 0 Å². The van der Waals surface area contributed by atoms with Crippen LogP contribution in [-0.2, 0) is 9.84 Å². The molecule has 1 aromatic rings. The predicted molar refractivity (Wildman–Crippen MR) is 70.2 cm³/mol. The van der Waals surface area contributed by atoms with Gasteiger partial charge in [0, 0.05) is 24.4 Å². The van der Waals surface area contributed by atoms with Gasteiger partial charge in [-0.05, 0) is 6.92 Å². The number of ether oxygens (including phenoxy) is 1. The van der Waals surface area contributed by atoms with Crippen LogP contribution in [0.3, 0.4) is 0 Å². The van der Waals surface area contributed by atoms with Crippen molar-refractivity contribution in [1.29, 1.82) is 0 Å². The van der Waals surface area contributed by atoms with Crippen LogP contribution < -0.4 is 10.1 Å². The summed E-state index contributed by atoms with van der Waals surface area (Å²) >= 11 is 0. The van der Waals surface area contributed by atoms with E-state index in [1.54, 1.807) is 6.92 Å². The topological polar surface area (TPSA) is 111 Å². The van der Waals surface area contributed by atoms with Crippen LogP contribution in [0.25, 0.3) is 0 Å². The average molecular weight is 289 g/mol. The molecule has 1 rings (SSSR count). The molecule has 9 heteroatoms. The van der Waals surface area contributed by atoms with Gasteiger partial charge in [-0.2, -0.15) is 4.98 Å². The molecule has 0 fully saturated rings. The SMILES string of the molecule is COc1ccc([N+](=O)[O-])c(NC(C)CS(C)(=O)=O)n1. The maximum absolute atomic E-state index is 11.2. The van der Waals surface area contributed by atoms with Crippen LogP contribution in [0.2, 0.25) is 0 Å². The molecule has 1 unspecified atom stereocenters. The van der Waals surface area contributed by atoms with Gasteiger partial charge in [0.05, 0.1) is 17.8 Å². The molecule has 0 saturated heterocycles. The Morgan fingerprint density at radius 3 is 2.63 bits per heavy atom. The van der Waals surface area contributed by atoms with Gasteiger partial charge in [0.1, 0.15) is 9.84 Å². The molecule has 1 N–H and O–H groups in total. The number of hydrogen-bond acceptors (Lipinski definition) is 7. The fourth-order valence-electron chi connectivity index (χ4n) is 1.53. The smallest absolute Gasteiger partial charge is 0.311 e. The number of pyridine rings is 1. The third kappa shape index (κ3) is 4.70. The first kappa shape index (κ1) is 15.2. The second-order valence-electron chi connectivity index (χ2n) is 4.12. The van der Waals surface area contributed by atoms with E-state index in [1.807, 2.05) is 0 Å². The highest BCUT2D eigenvalue weighted by atomic mass is 32.2.